The number of nitriles is 2. The Kier molecular flexibility index (Phi) is 8.15. The normalized spacial score (nSPS) is 10.1. The number of carbonyl (C=O) groups is 1. The molecule has 0 bridgehead atoms. The fraction of sp³-hybridized carbons (Fsp3) is 0.0370. The van der Waals surface area contributed by atoms with Crippen LogP contribution in [-0.2, 0) is 6.54 Å². The van der Waals surface area contributed by atoms with E-state index >= 15 is 0 Å². The fourth-order valence-corrected chi connectivity index (χ4v) is 4.47. The van der Waals surface area contributed by atoms with E-state index in [0.29, 0.717) is 33.3 Å². The van der Waals surface area contributed by atoms with Crippen LogP contribution in [-0.4, -0.2) is 50.3 Å². The Morgan fingerprint density at radius 1 is 0.927 bits per heavy atom. The Bertz CT molecular complexity index is 1840. The van der Waals surface area contributed by atoms with E-state index in [0.717, 1.165) is 10.6 Å². The number of hydrogen-bond donors (Lipinski definition) is 1. The molecule has 0 atom stereocenters. The summed E-state index contributed by atoms with van der Waals surface area (Å²) in [6.45, 7) is 0.134. The van der Waals surface area contributed by atoms with E-state index in [1.165, 1.54) is 35.0 Å². The maximum atomic E-state index is 11.8. The van der Waals surface area contributed by atoms with Gasteiger partial charge in [0.2, 0.25) is 0 Å². The maximum absolute atomic E-state index is 11.8. The fourth-order valence-electron chi connectivity index (χ4n) is 3.55. The Hall–Kier alpha value is -6.12. The van der Waals surface area contributed by atoms with Crippen molar-refractivity contribution in [1.82, 2.24) is 44.5 Å². The molecule has 0 radical (unpaired) electrons. The number of nitrogens with zero attached hydrogens (tertiary/aromatic N) is 11. The quantitative estimate of drug-likeness (QED) is 0.282. The zero-order chi connectivity index (χ0) is 28.4. The van der Waals surface area contributed by atoms with Crippen LogP contribution >= 0.6 is 11.3 Å². The molecule has 0 saturated heterocycles. The lowest BCUT2D eigenvalue weighted by Gasteiger charge is -2.02. The number of nitrogens with one attached hydrogen (secondary N) is 1. The number of aromatic nitrogens is 9. The second-order valence-corrected chi connectivity index (χ2v) is 9.11. The summed E-state index contributed by atoms with van der Waals surface area (Å²) >= 11 is 1.41. The summed E-state index contributed by atoms with van der Waals surface area (Å²) < 4.78 is 3.09. The van der Waals surface area contributed by atoms with Crippen molar-refractivity contribution < 1.29 is 4.79 Å². The van der Waals surface area contributed by atoms with Crippen LogP contribution in [0.4, 0.5) is 10.9 Å². The van der Waals surface area contributed by atoms with Crippen molar-refractivity contribution in [2.45, 2.75) is 6.54 Å². The highest BCUT2D eigenvalue weighted by Gasteiger charge is 2.16. The zero-order valence-corrected chi connectivity index (χ0v) is 21.9. The van der Waals surface area contributed by atoms with Gasteiger partial charge in [0.05, 0.1) is 29.5 Å². The first-order valence-corrected chi connectivity index (χ1v) is 12.7. The smallest absolute Gasteiger partial charge is 0.191 e. The van der Waals surface area contributed by atoms with Crippen LogP contribution in [0.5, 0.6) is 0 Å². The lowest BCUT2D eigenvalue weighted by molar-refractivity contribution is 0.0967. The molecule has 198 valence electrons. The van der Waals surface area contributed by atoms with Crippen molar-refractivity contribution in [1.29, 1.82) is 10.5 Å². The molecule has 0 aliphatic heterocycles. The first-order valence-electron chi connectivity index (χ1n) is 11.9. The predicted molar refractivity (Wildman–Crippen MR) is 148 cm³/mol. The van der Waals surface area contributed by atoms with Gasteiger partial charge in [0.1, 0.15) is 42.5 Å². The molecule has 0 saturated carbocycles. The molecule has 13 nitrogen and oxygen atoms in total. The van der Waals surface area contributed by atoms with Gasteiger partial charge in [-0.2, -0.15) is 20.7 Å². The highest BCUT2D eigenvalue weighted by atomic mass is 32.1. The minimum atomic E-state index is -0.0948. The van der Waals surface area contributed by atoms with Crippen LogP contribution in [0.15, 0.2) is 92.4 Å². The largest absolute Gasteiger partial charge is 0.315 e. The van der Waals surface area contributed by atoms with Crippen LogP contribution in [0.25, 0.3) is 16.3 Å². The summed E-state index contributed by atoms with van der Waals surface area (Å²) in [4.78, 5) is 32.4. The maximum Gasteiger partial charge on any atom is 0.191 e. The lowest BCUT2D eigenvalue weighted by Crippen LogP contribution is -2.10. The van der Waals surface area contributed by atoms with Gasteiger partial charge in [-0.05, 0) is 24.3 Å². The van der Waals surface area contributed by atoms with Crippen molar-refractivity contribution in [3.63, 3.8) is 0 Å². The third-order valence-corrected chi connectivity index (χ3v) is 6.35. The number of anilines is 2. The van der Waals surface area contributed by atoms with Gasteiger partial charge in [-0.1, -0.05) is 35.6 Å². The van der Waals surface area contributed by atoms with E-state index in [2.05, 4.69) is 46.5 Å². The van der Waals surface area contributed by atoms with Crippen LogP contribution in [0.3, 0.4) is 0 Å². The first kappa shape index (κ1) is 26.5. The van der Waals surface area contributed by atoms with Crippen molar-refractivity contribution in [2.75, 3.05) is 5.32 Å². The summed E-state index contributed by atoms with van der Waals surface area (Å²) in [6, 6.07) is 18.0. The molecule has 0 unspecified atom stereocenters. The standard InChI is InChI=1S/C16H10N8S.C11H8N4O/c17-7-11-2-1-3-12(6-11)14-15(24-10-19-9-21-24)25-16(23-14)22-13-8-18-4-5-20-13;12-5-9-2-1-3-10(4-9)11(16)6-15-8-13-7-14-15/h1-6,8-10H,(H,20,22,23);1-4,7-8H,6H2. The average molecular weight is 559 g/mol. The molecule has 6 aromatic rings. The molecule has 0 fully saturated rings. The third-order valence-electron chi connectivity index (χ3n) is 5.39. The summed E-state index contributed by atoms with van der Waals surface area (Å²) in [5, 5.41) is 30.5. The Balaban J connectivity index is 0.000000182. The second-order valence-electron chi connectivity index (χ2n) is 8.13. The van der Waals surface area contributed by atoms with E-state index in [1.54, 1.807) is 66.0 Å². The molecule has 0 amide bonds. The Morgan fingerprint density at radius 2 is 1.71 bits per heavy atom. The van der Waals surface area contributed by atoms with Crippen LogP contribution in [0.2, 0.25) is 0 Å². The molecule has 0 spiro atoms. The second kappa shape index (κ2) is 12.6. The van der Waals surface area contributed by atoms with Gasteiger partial charge in [-0.3, -0.25) is 9.78 Å². The number of Topliss-reactive ketones (excluding diaryl/α,β-unsaturated/α-hetero) is 1. The number of benzene rings is 2. The van der Waals surface area contributed by atoms with Gasteiger partial charge >= 0.3 is 0 Å². The molecule has 1 N–H and O–H groups in total. The third kappa shape index (κ3) is 6.66. The van der Waals surface area contributed by atoms with E-state index in [-0.39, 0.29) is 12.3 Å². The van der Waals surface area contributed by atoms with E-state index < -0.39 is 0 Å². The highest BCUT2D eigenvalue weighted by Crippen LogP contribution is 2.35. The van der Waals surface area contributed by atoms with Gasteiger partial charge in [0.25, 0.3) is 0 Å². The molecule has 0 aliphatic rings. The van der Waals surface area contributed by atoms with Crippen molar-refractivity contribution in [3.05, 3.63) is 109 Å². The van der Waals surface area contributed by atoms with Gasteiger partial charge < -0.3 is 5.32 Å². The number of thiazole rings is 1. The van der Waals surface area contributed by atoms with Crippen molar-refractivity contribution in [3.8, 4) is 28.4 Å². The zero-order valence-electron chi connectivity index (χ0n) is 21.1. The topological polar surface area (TPSA) is 177 Å². The summed E-state index contributed by atoms with van der Waals surface area (Å²) in [5.41, 5.74) is 3.09. The van der Waals surface area contributed by atoms with Gasteiger partial charge in [0, 0.05) is 23.5 Å². The van der Waals surface area contributed by atoms with Crippen molar-refractivity contribution in [2.24, 2.45) is 0 Å². The highest BCUT2D eigenvalue weighted by molar-refractivity contribution is 7.18. The Labute approximate surface area is 237 Å². The minimum Gasteiger partial charge on any atom is -0.315 e. The lowest BCUT2D eigenvalue weighted by atomic mass is 10.1. The summed E-state index contributed by atoms with van der Waals surface area (Å²) in [6.07, 6.45) is 10.7. The average Bonchev–Trinajstić information content (AvgIpc) is 3.81. The SMILES string of the molecule is N#Cc1cccc(-c2nc(Nc3cnccn3)sc2-n2cncn2)c1.N#Cc1cccc(C(=O)Cn2cncn2)c1. The van der Waals surface area contributed by atoms with E-state index in [1.807, 2.05) is 18.2 Å². The molecule has 0 aliphatic carbocycles. The molecule has 6 rings (SSSR count). The van der Waals surface area contributed by atoms with Crippen LogP contribution < -0.4 is 5.32 Å². The monoisotopic (exact) mass is 558 g/mol. The predicted octanol–water partition coefficient (Wildman–Crippen LogP) is 3.83. The number of hydrogen-bond acceptors (Lipinski definition) is 12. The van der Waals surface area contributed by atoms with Gasteiger partial charge in [-0.15, -0.1) is 0 Å². The molecule has 4 heterocycles. The van der Waals surface area contributed by atoms with E-state index in [9.17, 15) is 4.79 Å². The van der Waals surface area contributed by atoms with Crippen molar-refractivity contribution >= 4 is 28.1 Å². The number of carbonyl (C=O) groups excluding carboxylic acids is 1. The molecule has 2 aromatic carbocycles. The van der Waals surface area contributed by atoms with Gasteiger partial charge in [-0.25, -0.2) is 29.3 Å². The molecule has 41 heavy (non-hydrogen) atoms. The number of rotatable bonds is 7. The molecular weight excluding hydrogens is 540 g/mol. The molecular formula is C27H18N12OS. The van der Waals surface area contributed by atoms with Crippen LogP contribution in [0.1, 0.15) is 21.5 Å². The number of ketones is 1. The van der Waals surface area contributed by atoms with Gasteiger partial charge in [0.15, 0.2) is 16.7 Å². The Morgan fingerprint density at radius 3 is 2.41 bits per heavy atom. The first-order chi connectivity index (χ1) is 20.1. The minimum absolute atomic E-state index is 0.0948. The van der Waals surface area contributed by atoms with Crippen LogP contribution in [0, 0.1) is 22.7 Å². The van der Waals surface area contributed by atoms with E-state index in [4.69, 9.17) is 10.5 Å². The molecule has 4 aromatic heterocycles. The molecule has 14 heteroatoms. The summed E-state index contributed by atoms with van der Waals surface area (Å²) in [5.74, 6) is 0.501. The summed E-state index contributed by atoms with van der Waals surface area (Å²) in [7, 11) is 0.